The van der Waals surface area contributed by atoms with E-state index in [4.69, 9.17) is 4.74 Å². The van der Waals surface area contributed by atoms with Crippen LogP contribution in [-0.4, -0.2) is 40.1 Å². The molecular formula is C12H14N6O3. The van der Waals surface area contributed by atoms with Crippen LogP contribution in [0.3, 0.4) is 0 Å². The molecule has 21 heavy (non-hydrogen) atoms. The van der Waals surface area contributed by atoms with Crippen molar-refractivity contribution in [2.75, 3.05) is 30.9 Å². The maximum absolute atomic E-state index is 11.3. The zero-order chi connectivity index (χ0) is 15.1. The molecule has 0 unspecified atom stereocenters. The van der Waals surface area contributed by atoms with E-state index in [2.05, 4.69) is 25.6 Å². The molecule has 0 saturated heterocycles. The summed E-state index contributed by atoms with van der Waals surface area (Å²) < 4.78 is 4.89. The number of anilines is 3. The highest BCUT2D eigenvalue weighted by molar-refractivity contribution is 5.73. The van der Waals surface area contributed by atoms with Crippen LogP contribution in [0.5, 0.6) is 0 Å². The number of aromatic nitrogens is 3. The summed E-state index contributed by atoms with van der Waals surface area (Å²) in [5, 5.41) is 17.0. The van der Waals surface area contributed by atoms with Crippen molar-refractivity contribution < 1.29 is 9.66 Å². The number of rotatable bonds is 7. The number of nitrogens with zero attached hydrogens (tertiary/aromatic N) is 4. The van der Waals surface area contributed by atoms with Gasteiger partial charge in [0, 0.05) is 31.7 Å². The van der Waals surface area contributed by atoms with Gasteiger partial charge in [-0.3, -0.25) is 15.1 Å². The molecule has 0 saturated carbocycles. The standard InChI is InChI=1S/C12H14N6O3/c1-21-7-6-14-11-10(18(19)20)12(16-8-15-11)17-9-2-4-13-5-3-9/h2-5,8H,6-7H2,1H3,(H2,13,14,15,16,17). The van der Waals surface area contributed by atoms with E-state index in [1.807, 2.05) is 0 Å². The van der Waals surface area contributed by atoms with Crippen molar-refractivity contribution in [2.45, 2.75) is 0 Å². The zero-order valence-electron chi connectivity index (χ0n) is 11.3. The van der Waals surface area contributed by atoms with Crippen LogP contribution in [0.15, 0.2) is 30.9 Å². The average molecular weight is 290 g/mol. The van der Waals surface area contributed by atoms with Gasteiger partial charge < -0.3 is 15.4 Å². The fourth-order valence-electron chi connectivity index (χ4n) is 1.62. The van der Waals surface area contributed by atoms with E-state index in [1.54, 1.807) is 31.6 Å². The van der Waals surface area contributed by atoms with Gasteiger partial charge in [-0.1, -0.05) is 0 Å². The predicted molar refractivity (Wildman–Crippen MR) is 76.6 cm³/mol. The van der Waals surface area contributed by atoms with Gasteiger partial charge in [-0.25, -0.2) is 9.97 Å². The first-order chi connectivity index (χ1) is 10.2. The van der Waals surface area contributed by atoms with Crippen molar-refractivity contribution in [3.05, 3.63) is 41.0 Å². The molecule has 2 heterocycles. The summed E-state index contributed by atoms with van der Waals surface area (Å²) in [4.78, 5) is 22.4. The van der Waals surface area contributed by atoms with Gasteiger partial charge >= 0.3 is 5.69 Å². The highest BCUT2D eigenvalue weighted by Crippen LogP contribution is 2.30. The molecule has 0 radical (unpaired) electrons. The molecule has 0 bridgehead atoms. The van der Waals surface area contributed by atoms with E-state index in [0.717, 1.165) is 0 Å². The maximum Gasteiger partial charge on any atom is 0.353 e. The van der Waals surface area contributed by atoms with Gasteiger partial charge in [0.2, 0.25) is 11.6 Å². The molecule has 0 aliphatic carbocycles. The van der Waals surface area contributed by atoms with Crippen LogP contribution < -0.4 is 10.6 Å². The second-order valence-corrected chi connectivity index (χ2v) is 3.96. The Hall–Kier alpha value is -2.81. The summed E-state index contributed by atoms with van der Waals surface area (Å²) in [5.74, 6) is 0.254. The topological polar surface area (TPSA) is 115 Å². The number of hydrogen-bond donors (Lipinski definition) is 2. The van der Waals surface area contributed by atoms with Gasteiger partial charge in [0.25, 0.3) is 0 Å². The minimum Gasteiger partial charge on any atom is -0.383 e. The van der Waals surface area contributed by atoms with Crippen LogP contribution in [0.1, 0.15) is 0 Å². The molecule has 110 valence electrons. The molecule has 2 rings (SSSR count). The minimum atomic E-state index is -0.529. The largest absolute Gasteiger partial charge is 0.383 e. The van der Waals surface area contributed by atoms with E-state index < -0.39 is 4.92 Å². The molecule has 0 aliphatic heterocycles. The van der Waals surface area contributed by atoms with Crippen molar-refractivity contribution in [1.82, 2.24) is 15.0 Å². The first-order valence-electron chi connectivity index (χ1n) is 6.11. The molecule has 0 aliphatic rings. The molecule has 2 aromatic heterocycles. The Morgan fingerprint density at radius 1 is 1.29 bits per heavy atom. The summed E-state index contributed by atoms with van der Waals surface area (Å²) in [5.41, 5.74) is 0.431. The van der Waals surface area contributed by atoms with Gasteiger partial charge in [-0.2, -0.15) is 0 Å². The smallest absolute Gasteiger partial charge is 0.353 e. The third-order valence-corrected chi connectivity index (χ3v) is 2.55. The second kappa shape index (κ2) is 7.10. The molecule has 2 aromatic rings. The highest BCUT2D eigenvalue weighted by Gasteiger charge is 2.22. The Morgan fingerprint density at radius 2 is 2.00 bits per heavy atom. The van der Waals surface area contributed by atoms with E-state index in [1.165, 1.54) is 6.33 Å². The third kappa shape index (κ3) is 3.83. The lowest BCUT2D eigenvalue weighted by Crippen LogP contribution is -2.12. The van der Waals surface area contributed by atoms with Gasteiger partial charge in [-0.15, -0.1) is 0 Å². The molecule has 0 amide bonds. The van der Waals surface area contributed by atoms with Crippen LogP contribution in [0.4, 0.5) is 23.0 Å². The molecule has 0 atom stereocenters. The molecular weight excluding hydrogens is 276 g/mol. The number of hydrogen-bond acceptors (Lipinski definition) is 8. The lowest BCUT2D eigenvalue weighted by atomic mass is 10.3. The second-order valence-electron chi connectivity index (χ2n) is 3.96. The van der Waals surface area contributed by atoms with E-state index in [0.29, 0.717) is 18.8 Å². The first-order valence-corrected chi connectivity index (χ1v) is 6.11. The lowest BCUT2D eigenvalue weighted by molar-refractivity contribution is -0.383. The monoisotopic (exact) mass is 290 g/mol. The van der Waals surface area contributed by atoms with Crippen LogP contribution in [-0.2, 0) is 4.74 Å². The SMILES string of the molecule is COCCNc1ncnc(Nc2ccncc2)c1[N+](=O)[O-]. The Balaban J connectivity index is 2.28. The van der Waals surface area contributed by atoms with Gasteiger partial charge in [0.15, 0.2) is 0 Å². The Bertz CT molecular complexity index is 607. The molecule has 9 nitrogen and oxygen atoms in total. The van der Waals surface area contributed by atoms with Crippen molar-refractivity contribution >= 4 is 23.0 Å². The highest BCUT2D eigenvalue weighted by atomic mass is 16.6. The summed E-state index contributed by atoms with van der Waals surface area (Å²) in [6.45, 7) is 0.817. The number of ether oxygens (including phenoxy) is 1. The van der Waals surface area contributed by atoms with Gasteiger partial charge in [0.05, 0.1) is 11.5 Å². The maximum atomic E-state index is 11.3. The quantitative estimate of drug-likeness (QED) is 0.448. The molecule has 0 spiro atoms. The summed E-state index contributed by atoms with van der Waals surface area (Å²) in [6.07, 6.45) is 4.41. The molecule has 0 aromatic carbocycles. The normalized spacial score (nSPS) is 10.1. The van der Waals surface area contributed by atoms with Crippen molar-refractivity contribution in [3.63, 3.8) is 0 Å². The van der Waals surface area contributed by atoms with Gasteiger partial charge in [0.1, 0.15) is 6.33 Å². The van der Waals surface area contributed by atoms with Crippen LogP contribution in [0, 0.1) is 10.1 Å². The van der Waals surface area contributed by atoms with Crippen LogP contribution in [0.2, 0.25) is 0 Å². The zero-order valence-corrected chi connectivity index (χ0v) is 11.3. The molecule has 9 heteroatoms. The van der Waals surface area contributed by atoms with Crippen LogP contribution >= 0.6 is 0 Å². The Labute approximate surface area is 120 Å². The van der Waals surface area contributed by atoms with E-state index in [9.17, 15) is 10.1 Å². The minimum absolute atomic E-state index is 0.112. The number of nitro groups is 1. The summed E-state index contributed by atoms with van der Waals surface area (Å²) in [7, 11) is 1.55. The number of methoxy groups -OCH3 is 1. The van der Waals surface area contributed by atoms with Crippen LogP contribution in [0.25, 0.3) is 0 Å². The van der Waals surface area contributed by atoms with Crippen molar-refractivity contribution in [2.24, 2.45) is 0 Å². The predicted octanol–water partition coefficient (Wildman–Crippen LogP) is 1.58. The van der Waals surface area contributed by atoms with E-state index >= 15 is 0 Å². The Kier molecular flexibility index (Phi) is 4.94. The average Bonchev–Trinajstić information content (AvgIpc) is 2.48. The van der Waals surface area contributed by atoms with E-state index in [-0.39, 0.29) is 17.3 Å². The molecule has 2 N–H and O–H groups in total. The summed E-state index contributed by atoms with van der Waals surface area (Å²) >= 11 is 0. The molecule has 0 fully saturated rings. The summed E-state index contributed by atoms with van der Waals surface area (Å²) in [6, 6.07) is 3.37. The lowest BCUT2D eigenvalue weighted by Gasteiger charge is -2.09. The number of nitrogens with one attached hydrogen (secondary N) is 2. The van der Waals surface area contributed by atoms with Crippen molar-refractivity contribution in [1.29, 1.82) is 0 Å². The third-order valence-electron chi connectivity index (χ3n) is 2.55. The first kappa shape index (κ1) is 14.6. The fourth-order valence-corrected chi connectivity index (χ4v) is 1.62. The van der Waals surface area contributed by atoms with Gasteiger partial charge in [-0.05, 0) is 12.1 Å². The fraction of sp³-hybridized carbons (Fsp3) is 0.250. The Morgan fingerprint density at radius 3 is 2.67 bits per heavy atom. The van der Waals surface area contributed by atoms with Crippen molar-refractivity contribution in [3.8, 4) is 0 Å². The number of pyridine rings is 1.